The highest BCUT2D eigenvalue weighted by Gasteiger charge is 2.40. The first-order chi connectivity index (χ1) is 6.68. The Labute approximate surface area is 93.4 Å². The van der Waals surface area contributed by atoms with Crippen molar-refractivity contribution >= 4 is 11.8 Å². The van der Waals surface area contributed by atoms with Gasteiger partial charge in [0.15, 0.2) is 0 Å². The highest BCUT2D eigenvalue weighted by Crippen LogP contribution is 2.49. The summed E-state index contributed by atoms with van der Waals surface area (Å²) in [6, 6.07) is 0. The molecule has 0 radical (unpaired) electrons. The summed E-state index contributed by atoms with van der Waals surface area (Å²) in [6.07, 6.45) is 7.99. The number of thioether (sulfide) groups is 1. The van der Waals surface area contributed by atoms with Crippen LogP contribution in [-0.2, 0) is 0 Å². The van der Waals surface area contributed by atoms with Gasteiger partial charge < -0.3 is 5.32 Å². The smallest absolute Gasteiger partial charge is 0.000793 e. The second kappa shape index (κ2) is 6.02. The molecule has 1 rings (SSSR count). The largest absolute Gasteiger partial charge is 0.316 e. The molecular formula is C12H25NS. The maximum atomic E-state index is 3.61. The van der Waals surface area contributed by atoms with Crippen molar-refractivity contribution in [2.24, 2.45) is 11.3 Å². The van der Waals surface area contributed by atoms with E-state index >= 15 is 0 Å². The predicted molar refractivity (Wildman–Crippen MR) is 67.0 cm³/mol. The van der Waals surface area contributed by atoms with Crippen LogP contribution in [0.15, 0.2) is 0 Å². The van der Waals surface area contributed by atoms with E-state index in [0.29, 0.717) is 5.41 Å². The molecule has 0 aliphatic heterocycles. The van der Waals surface area contributed by atoms with E-state index in [9.17, 15) is 0 Å². The second-order valence-corrected chi connectivity index (χ2v) is 6.11. The van der Waals surface area contributed by atoms with Gasteiger partial charge in [0.05, 0.1) is 0 Å². The van der Waals surface area contributed by atoms with E-state index in [0.717, 1.165) is 5.92 Å². The fraction of sp³-hybridized carbons (Fsp3) is 1.00. The zero-order chi connectivity index (χ0) is 10.4. The number of rotatable bonds is 8. The summed E-state index contributed by atoms with van der Waals surface area (Å²) in [5, 5.41) is 3.61. The molecule has 1 fully saturated rings. The number of hydrogen-bond donors (Lipinski definition) is 1. The van der Waals surface area contributed by atoms with Crippen molar-refractivity contribution in [2.75, 3.05) is 25.1 Å². The van der Waals surface area contributed by atoms with Crippen molar-refractivity contribution in [2.45, 2.75) is 39.5 Å². The van der Waals surface area contributed by atoms with Gasteiger partial charge in [-0.05, 0) is 55.6 Å². The maximum Gasteiger partial charge on any atom is 0.000793 e. The van der Waals surface area contributed by atoms with Crippen molar-refractivity contribution < 1.29 is 0 Å². The molecule has 84 valence electrons. The van der Waals surface area contributed by atoms with Crippen LogP contribution in [0.1, 0.15) is 39.5 Å². The summed E-state index contributed by atoms with van der Waals surface area (Å²) in [5.41, 5.74) is 0.713. The van der Waals surface area contributed by atoms with E-state index in [1.54, 1.807) is 0 Å². The Kier molecular flexibility index (Phi) is 5.32. The molecule has 1 saturated carbocycles. The van der Waals surface area contributed by atoms with E-state index in [-0.39, 0.29) is 0 Å². The standard InChI is InChI=1S/C12H25NS/c1-11(2)9-13-10-12(6-7-12)5-4-8-14-3/h11,13H,4-10H2,1-3H3. The van der Waals surface area contributed by atoms with Crippen LogP contribution < -0.4 is 5.32 Å². The topological polar surface area (TPSA) is 12.0 Å². The molecule has 0 aromatic carbocycles. The Morgan fingerprint density at radius 3 is 2.57 bits per heavy atom. The Hall–Kier alpha value is 0.310. The molecule has 14 heavy (non-hydrogen) atoms. The lowest BCUT2D eigenvalue weighted by atomic mass is 10.0. The molecule has 0 aromatic heterocycles. The first kappa shape index (κ1) is 12.4. The van der Waals surface area contributed by atoms with Gasteiger partial charge in [-0.2, -0.15) is 11.8 Å². The minimum absolute atomic E-state index is 0.713. The van der Waals surface area contributed by atoms with E-state index in [1.807, 2.05) is 11.8 Å². The summed E-state index contributed by atoms with van der Waals surface area (Å²) in [4.78, 5) is 0. The molecule has 1 N–H and O–H groups in total. The van der Waals surface area contributed by atoms with Crippen molar-refractivity contribution in [1.82, 2.24) is 5.32 Å². The Balaban J connectivity index is 2.03. The highest BCUT2D eigenvalue weighted by atomic mass is 32.2. The summed E-state index contributed by atoms with van der Waals surface area (Å²) in [6.45, 7) is 7.00. The van der Waals surface area contributed by atoms with Crippen molar-refractivity contribution in [3.05, 3.63) is 0 Å². The quantitative estimate of drug-likeness (QED) is 0.624. The molecule has 1 aliphatic carbocycles. The minimum Gasteiger partial charge on any atom is -0.316 e. The van der Waals surface area contributed by atoms with Gasteiger partial charge in [-0.3, -0.25) is 0 Å². The molecule has 0 spiro atoms. The van der Waals surface area contributed by atoms with Gasteiger partial charge in [0.25, 0.3) is 0 Å². The maximum absolute atomic E-state index is 3.61. The lowest BCUT2D eigenvalue weighted by Gasteiger charge is -2.16. The normalized spacial score (nSPS) is 18.9. The van der Waals surface area contributed by atoms with E-state index in [2.05, 4.69) is 25.4 Å². The highest BCUT2D eigenvalue weighted by molar-refractivity contribution is 7.98. The van der Waals surface area contributed by atoms with E-state index in [4.69, 9.17) is 0 Å². The fourth-order valence-electron chi connectivity index (χ4n) is 1.91. The first-order valence-electron chi connectivity index (χ1n) is 5.88. The van der Waals surface area contributed by atoms with Gasteiger partial charge in [-0.15, -0.1) is 0 Å². The van der Waals surface area contributed by atoms with Crippen LogP contribution in [-0.4, -0.2) is 25.1 Å². The number of hydrogen-bond acceptors (Lipinski definition) is 2. The van der Waals surface area contributed by atoms with Crippen molar-refractivity contribution in [3.8, 4) is 0 Å². The molecule has 0 amide bonds. The van der Waals surface area contributed by atoms with Crippen molar-refractivity contribution in [1.29, 1.82) is 0 Å². The number of nitrogens with one attached hydrogen (secondary N) is 1. The van der Waals surface area contributed by atoms with Crippen LogP contribution in [0.25, 0.3) is 0 Å². The fourth-order valence-corrected chi connectivity index (χ4v) is 2.34. The van der Waals surface area contributed by atoms with Gasteiger partial charge in [0.1, 0.15) is 0 Å². The first-order valence-corrected chi connectivity index (χ1v) is 7.28. The molecule has 0 atom stereocenters. The summed E-state index contributed by atoms with van der Waals surface area (Å²) >= 11 is 1.98. The lowest BCUT2D eigenvalue weighted by Crippen LogP contribution is -2.27. The molecule has 0 aromatic rings. The molecule has 1 nitrogen and oxygen atoms in total. The van der Waals surface area contributed by atoms with Gasteiger partial charge >= 0.3 is 0 Å². The van der Waals surface area contributed by atoms with Crippen LogP contribution in [0.3, 0.4) is 0 Å². The van der Waals surface area contributed by atoms with Gasteiger partial charge in [-0.25, -0.2) is 0 Å². The van der Waals surface area contributed by atoms with Crippen molar-refractivity contribution in [3.63, 3.8) is 0 Å². The van der Waals surface area contributed by atoms with Gasteiger partial charge in [0.2, 0.25) is 0 Å². The van der Waals surface area contributed by atoms with E-state index < -0.39 is 0 Å². The molecule has 0 bridgehead atoms. The molecule has 0 saturated heterocycles. The van der Waals surface area contributed by atoms with Crippen LogP contribution in [0.4, 0.5) is 0 Å². The summed E-state index contributed by atoms with van der Waals surface area (Å²) in [7, 11) is 0. The third-order valence-electron chi connectivity index (χ3n) is 3.07. The third kappa shape index (κ3) is 4.70. The van der Waals surface area contributed by atoms with Crippen LogP contribution in [0.5, 0.6) is 0 Å². The molecule has 1 aliphatic rings. The lowest BCUT2D eigenvalue weighted by molar-refractivity contribution is 0.406. The second-order valence-electron chi connectivity index (χ2n) is 5.12. The van der Waals surface area contributed by atoms with Crippen LogP contribution >= 0.6 is 11.8 Å². The molecule has 0 unspecified atom stereocenters. The zero-order valence-corrected chi connectivity index (χ0v) is 10.8. The predicted octanol–water partition coefficient (Wildman–Crippen LogP) is 3.16. The monoisotopic (exact) mass is 215 g/mol. The van der Waals surface area contributed by atoms with E-state index in [1.165, 1.54) is 44.5 Å². The van der Waals surface area contributed by atoms with Crippen LogP contribution in [0, 0.1) is 11.3 Å². The van der Waals surface area contributed by atoms with Gasteiger partial charge in [0, 0.05) is 6.54 Å². The third-order valence-corrected chi connectivity index (χ3v) is 3.76. The summed E-state index contributed by atoms with van der Waals surface area (Å²) < 4.78 is 0. The average Bonchev–Trinajstić information content (AvgIpc) is 2.85. The molecular weight excluding hydrogens is 190 g/mol. The Morgan fingerprint density at radius 2 is 2.07 bits per heavy atom. The average molecular weight is 215 g/mol. The molecule has 0 heterocycles. The SMILES string of the molecule is CSCCCC1(CNCC(C)C)CC1. The minimum atomic E-state index is 0.713. The zero-order valence-electron chi connectivity index (χ0n) is 9.94. The van der Waals surface area contributed by atoms with Crippen LogP contribution in [0.2, 0.25) is 0 Å². The Bertz CT molecular complexity index is 152. The molecule has 2 heteroatoms. The summed E-state index contributed by atoms with van der Waals surface area (Å²) in [5.74, 6) is 2.13. The Morgan fingerprint density at radius 1 is 1.36 bits per heavy atom. The van der Waals surface area contributed by atoms with Gasteiger partial charge in [-0.1, -0.05) is 13.8 Å².